The Labute approximate surface area is 145 Å². The minimum absolute atomic E-state index is 0.100. The highest BCUT2D eigenvalue weighted by Gasteiger charge is 2.19. The van der Waals surface area contributed by atoms with E-state index in [1.54, 1.807) is 12.5 Å². The fourth-order valence-electron chi connectivity index (χ4n) is 3.09. The molecule has 6 heteroatoms. The number of aryl methyl sites for hydroxylation is 2. The third-order valence-corrected chi connectivity index (χ3v) is 4.34. The number of hydrogen-bond donors (Lipinski definition) is 0. The van der Waals surface area contributed by atoms with E-state index in [-0.39, 0.29) is 6.04 Å². The second kappa shape index (κ2) is 6.05. The van der Waals surface area contributed by atoms with Gasteiger partial charge < -0.3 is 8.98 Å². The van der Waals surface area contributed by atoms with Crippen LogP contribution < -0.4 is 0 Å². The summed E-state index contributed by atoms with van der Waals surface area (Å²) in [5.41, 5.74) is 3.84. The van der Waals surface area contributed by atoms with Crippen molar-refractivity contribution >= 4 is 0 Å². The predicted octanol–water partition coefficient (Wildman–Crippen LogP) is 3.86. The van der Waals surface area contributed by atoms with Crippen LogP contribution in [0.5, 0.6) is 0 Å². The van der Waals surface area contributed by atoms with E-state index in [4.69, 9.17) is 4.42 Å². The van der Waals surface area contributed by atoms with Crippen LogP contribution in [0.4, 0.5) is 0 Å². The lowest BCUT2D eigenvalue weighted by atomic mass is 10.1. The van der Waals surface area contributed by atoms with Crippen molar-refractivity contribution in [1.29, 1.82) is 0 Å². The Hall–Kier alpha value is -3.15. The van der Waals surface area contributed by atoms with Gasteiger partial charge in [-0.25, -0.2) is 9.97 Å². The summed E-state index contributed by atoms with van der Waals surface area (Å²) in [6.45, 7) is 4.15. The summed E-state index contributed by atoms with van der Waals surface area (Å²) in [7, 11) is 1.93. The van der Waals surface area contributed by atoms with E-state index in [2.05, 4.69) is 26.6 Å². The van der Waals surface area contributed by atoms with Crippen LogP contribution in [0.1, 0.15) is 24.2 Å². The monoisotopic (exact) mass is 333 g/mol. The summed E-state index contributed by atoms with van der Waals surface area (Å²) in [6, 6.07) is 9.95. The Bertz CT molecular complexity index is 996. The molecule has 126 valence electrons. The molecule has 0 radical (unpaired) electrons. The van der Waals surface area contributed by atoms with E-state index < -0.39 is 0 Å². The van der Waals surface area contributed by atoms with Crippen molar-refractivity contribution in [2.75, 3.05) is 0 Å². The zero-order valence-electron chi connectivity index (χ0n) is 14.4. The minimum Gasteiger partial charge on any atom is -0.444 e. The van der Waals surface area contributed by atoms with Gasteiger partial charge in [-0.2, -0.15) is 5.10 Å². The highest BCUT2D eigenvalue weighted by molar-refractivity contribution is 5.58. The fourth-order valence-corrected chi connectivity index (χ4v) is 3.09. The lowest BCUT2D eigenvalue weighted by Crippen LogP contribution is -2.08. The molecule has 4 rings (SSSR count). The zero-order chi connectivity index (χ0) is 17.4. The van der Waals surface area contributed by atoms with E-state index in [0.717, 1.165) is 28.3 Å². The standard InChI is InChI=1S/C19H19N5O/c1-13-16(11-23(3)22-13)14(2)24-10-9-20-18(24)17-12-25-19(21-17)15-7-5-4-6-8-15/h4-12,14H,1-3H3/t14-/m1/s1. The topological polar surface area (TPSA) is 61.7 Å². The fraction of sp³-hybridized carbons (Fsp3) is 0.211. The third-order valence-electron chi connectivity index (χ3n) is 4.34. The molecule has 0 aliphatic carbocycles. The first-order chi connectivity index (χ1) is 12.1. The summed E-state index contributed by atoms with van der Waals surface area (Å²) in [4.78, 5) is 9.11. The van der Waals surface area contributed by atoms with Gasteiger partial charge in [0.05, 0.1) is 11.7 Å². The molecule has 1 atom stereocenters. The molecule has 4 aromatic rings. The number of benzene rings is 1. The summed E-state index contributed by atoms with van der Waals surface area (Å²) in [5.74, 6) is 1.37. The predicted molar refractivity (Wildman–Crippen MR) is 94.9 cm³/mol. The number of rotatable bonds is 4. The molecule has 0 saturated carbocycles. The second-order valence-corrected chi connectivity index (χ2v) is 6.08. The van der Waals surface area contributed by atoms with E-state index in [1.807, 2.05) is 61.4 Å². The van der Waals surface area contributed by atoms with Crippen LogP contribution in [-0.4, -0.2) is 24.3 Å². The summed E-state index contributed by atoms with van der Waals surface area (Å²) < 4.78 is 9.59. The largest absolute Gasteiger partial charge is 0.444 e. The van der Waals surface area contributed by atoms with Gasteiger partial charge in [0, 0.05) is 36.8 Å². The van der Waals surface area contributed by atoms with E-state index >= 15 is 0 Å². The van der Waals surface area contributed by atoms with Crippen LogP contribution in [0.15, 0.2) is 59.6 Å². The molecule has 0 fully saturated rings. The minimum atomic E-state index is 0.100. The van der Waals surface area contributed by atoms with Crippen molar-refractivity contribution in [3.05, 3.63) is 66.4 Å². The van der Waals surface area contributed by atoms with Crippen LogP contribution in [0.3, 0.4) is 0 Å². The van der Waals surface area contributed by atoms with Gasteiger partial charge in [0.2, 0.25) is 5.89 Å². The van der Waals surface area contributed by atoms with E-state index in [0.29, 0.717) is 5.89 Å². The molecule has 1 aromatic carbocycles. The first kappa shape index (κ1) is 15.4. The first-order valence-electron chi connectivity index (χ1n) is 8.18. The third kappa shape index (κ3) is 2.76. The van der Waals surface area contributed by atoms with E-state index in [9.17, 15) is 0 Å². The molecule has 3 heterocycles. The highest BCUT2D eigenvalue weighted by Crippen LogP contribution is 2.28. The van der Waals surface area contributed by atoms with Crippen molar-refractivity contribution < 1.29 is 4.42 Å². The molecule has 0 spiro atoms. The van der Waals surface area contributed by atoms with Gasteiger partial charge in [0.25, 0.3) is 0 Å². The van der Waals surface area contributed by atoms with Gasteiger partial charge in [-0.1, -0.05) is 18.2 Å². The second-order valence-electron chi connectivity index (χ2n) is 6.08. The molecule has 3 aromatic heterocycles. The number of nitrogens with zero attached hydrogens (tertiary/aromatic N) is 5. The van der Waals surface area contributed by atoms with Crippen LogP contribution in [-0.2, 0) is 7.05 Å². The number of imidazole rings is 1. The summed E-state index contributed by atoms with van der Waals surface area (Å²) in [5, 5.41) is 4.44. The zero-order valence-corrected chi connectivity index (χ0v) is 14.4. The first-order valence-corrected chi connectivity index (χ1v) is 8.18. The molecule has 0 N–H and O–H groups in total. The van der Waals surface area contributed by atoms with Gasteiger partial charge in [0.1, 0.15) is 12.0 Å². The van der Waals surface area contributed by atoms with Gasteiger partial charge in [-0.3, -0.25) is 4.68 Å². The quantitative estimate of drug-likeness (QED) is 0.569. The molecule has 0 amide bonds. The molecule has 0 aliphatic heterocycles. The Balaban J connectivity index is 1.71. The number of aromatic nitrogens is 5. The molecule has 6 nitrogen and oxygen atoms in total. The van der Waals surface area contributed by atoms with Gasteiger partial charge in [-0.15, -0.1) is 0 Å². The van der Waals surface area contributed by atoms with Crippen molar-refractivity contribution in [2.45, 2.75) is 19.9 Å². The average molecular weight is 333 g/mol. The molecule has 0 aliphatic rings. The Kier molecular flexibility index (Phi) is 3.72. The normalized spacial score (nSPS) is 12.4. The molecule has 0 unspecified atom stereocenters. The molecule has 0 bridgehead atoms. The van der Waals surface area contributed by atoms with Crippen molar-refractivity contribution in [3.8, 4) is 23.0 Å². The van der Waals surface area contributed by atoms with Gasteiger partial charge in [-0.05, 0) is 26.0 Å². The lowest BCUT2D eigenvalue weighted by Gasteiger charge is -2.14. The Morgan fingerprint density at radius 1 is 1.16 bits per heavy atom. The smallest absolute Gasteiger partial charge is 0.226 e. The highest BCUT2D eigenvalue weighted by atomic mass is 16.3. The van der Waals surface area contributed by atoms with Crippen LogP contribution >= 0.6 is 0 Å². The van der Waals surface area contributed by atoms with Crippen LogP contribution in [0.25, 0.3) is 23.0 Å². The molecule has 25 heavy (non-hydrogen) atoms. The van der Waals surface area contributed by atoms with Crippen molar-refractivity contribution in [2.24, 2.45) is 7.05 Å². The summed E-state index contributed by atoms with van der Waals surface area (Å²) in [6.07, 6.45) is 7.45. The maximum absolute atomic E-state index is 5.66. The number of oxazole rings is 1. The molecule has 0 saturated heterocycles. The number of hydrogen-bond acceptors (Lipinski definition) is 4. The maximum Gasteiger partial charge on any atom is 0.226 e. The molecular weight excluding hydrogens is 314 g/mol. The average Bonchev–Trinajstić information content (AvgIpc) is 3.33. The van der Waals surface area contributed by atoms with Gasteiger partial charge in [0.15, 0.2) is 5.82 Å². The SMILES string of the molecule is Cc1nn(C)cc1[C@@H](C)n1ccnc1-c1coc(-c2ccccc2)n1. The van der Waals surface area contributed by atoms with Crippen LogP contribution in [0.2, 0.25) is 0 Å². The van der Waals surface area contributed by atoms with Gasteiger partial charge >= 0.3 is 0 Å². The maximum atomic E-state index is 5.66. The van der Waals surface area contributed by atoms with E-state index in [1.165, 1.54) is 0 Å². The summed E-state index contributed by atoms with van der Waals surface area (Å²) >= 11 is 0. The van der Waals surface area contributed by atoms with Crippen LogP contribution in [0, 0.1) is 6.92 Å². The molecular formula is C19H19N5O. The Morgan fingerprint density at radius 2 is 1.96 bits per heavy atom. The lowest BCUT2D eigenvalue weighted by molar-refractivity contribution is 0.574. The van der Waals surface area contributed by atoms with Crippen molar-refractivity contribution in [1.82, 2.24) is 24.3 Å². The van der Waals surface area contributed by atoms with Crippen molar-refractivity contribution in [3.63, 3.8) is 0 Å². The Morgan fingerprint density at radius 3 is 2.68 bits per heavy atom.